The molecule has 1 aliphatic heterocycles. The van der Waals surface area contributed by atoms with Crippen molar-refractivity contribution in [2.75, 3.05) is 13.7 Å². The summed E-state index contributed by atoms with van der Waals surface area (Å²) in [5.41, 5.74) is 3.67. The van der Waals surface area contributed by atoms with Gasteiger partial charge in [-0.15, -0.1) is 0 Å². The number of aryl methyl sites for hydroxylation is 1. The van der Waals surface area contributed by atoms with E-state index in [2.05, 4.69) is 34.6 Å². The van der Waals surface area contributed by atoms with E-state index in [4.69, 9.17) is 4.74 Å². The molecule has 1 aliphatic rings. The van der Waals surface area contributed by atoms with Gasteiger partial charge in [0.25, 0.3) is 0 Å². The molecular weight excluding hydrogens is 236 g/mol. The molecule has 2 heterocycles. The van der Waals surface area contributed by atoms with Crippen molar-refractivity contribution < 1.29 is 4.74 Å². The Labute approximate surface area is 113 Å². The van der Waals surface area contributed by atoms with E-state index in [1.54, 1.807) is 6.20 Å². The smallest absolute Gasteiger partial charge is 0.127 e. The van der Waals surface area contributed by atoms with Gasteiger partial charge in [0, 0.05) is 18.0 Å². The van der Waals surface area contributed by atoms with Crippen molar-refractivity contribution in [3.05, 3.63) is 59.4 Å². The zero-order chi connectivity index (χ0) is 13.1. The molecule has 1 aromatic heterocycles. The van der Waals surface area contributed by atoms with Crippen LogP contribution in [0.4, 0.5) is 0 Å². The van der Waals surface area contributed by atoms with Crippen molar-refractivity contribution in [1.82, 2.24) is 10.3 Å². The highest BCUT2D eigenvalue weighted by Gasteiger charge is 2.21. The summed E-state index contributed by atoms with van der Waals surface area (Å²) < 4.78 is 5.90. The van der Waals surface area contributed by atoms with Crippen molar-refractivity contribution in [3.8, 4) is 5.75 Å². The molecule has 3 rings (SSSR count). The van der Waals surface area contributed by atoms with E-state index in [0.29, 0.717) is 0 Å². The van der Waals surface area contributed by atoms with Gasteiger partial charge in [-0.25, -0.2) is 0 Å². The molecule has 0 radical (unpaired) electrons. The van der Waals surface area contributed by atoms with Gasteiger partial charge in [-0.1, -0.05) is 24.3 Å². The van der Waals surface area contributed by atoms with E-state index in [1.807, 2.05) is 19.3 Å². The number of nitrogens with one attached hydrogen (secondary N) is 1. The highest BCUT2D eigenvalue weighted by atomic mass is 16.5. The van der Waals surface area contributed by atoms with E-state index in [-0.39, 0.29) is 6.04 Å². The Bertz CT molecular complexity index is 554. The topological polar surface area (TPSA) is 34.2 Å². The van der Waals surface area contributed by atoms with Gasteiger partial charge in [-0.2, -0.15) is 0 Å². The zero-order valence-electron chi connectivity index (χ0n) is 11.1. The Kier molecular flexibility index (Phi) is 3.47. The summed E-state index contributed by atoms with van der Waals surface area (Å²) in [6.45, 7) is 0.813. The van der Waals surface area contributed by atoms with Gasteiger partial charge in [0.15, 0.2) is 0 Å². The number of hydrogen-bond donors (Lipinski definition) is 1. The molecule has 1 atom stereocenters. The summed E-state index contributed by atoms with van der Waals surface area (Å²) in [7, 11) is 1.97. The van der Waals surface area contributed by atoms with Crippen LogP contribution in [0.25, 0.3) is 0 Å². The molecule has 0 saturated carbocycles. The van der Waals surface area contributed by atoms with Crippen LogP contribution in [0, 0.1) is 0 Å². The average molecular weight is 254 g/mol. The van der Waals surface area contributed by atoms with Gasteiger partial charge in [0.2, 0.25) is 0 Å². The molecule has 0 fully saturated rings. The molecule has 2 aromatic rings. The largest absolute Gasteiger partial charge is 0.493 e. The van der Waals surface area contributed by atoms with Crippen LogP contribution in [0.15, 0.2) is 42.7 Å². The van der Waals surface area contributed by atoms with Crippen molar-refractivity contribution in [1.29, 1.82) is 0 Å². The SMILES string of the molecule is CNC(c1cccnc1)c1cccc2c1OCCC2. The fourth-order valence-corrected chi connectivity index (χ4v) is 2.69. The lowest BCUT2D eigenvalue weighted by Gasteiger charge is -2.25. The van der Waals surface area contributed by atoms with Gasteiger partial charge >= 0.3 is 0 Å². The first-order valence-electron chi connectivity index (χ1n) is 6.72. The maximum absolute atomic E-state index is 5.90. The van der Waals surface area contributed by atoms with Crippen molar-refractivity contribution in [2.24, 2.45) is 0 Å². The molecule has 98 valence electrons. The predicted molar refractivity (Wildman–Crippen MR) is 75.4 cm³/mol. The highest BCUT2D eigenvalue weighted by molar-refractivity contribution is 5.47. The molecule has 0 amide bonds. The first kappa shape index (κ1) is 12.2. The molecule has 0 spiro atoms. The number of para-hydroxylation sites is 1. The van der Waals surface area contributed by atoms with Crippen molar-refractivity contribution in [3.63, 3.8) is 0 Å². The first-order chi connectivity index (χ1) is 9.40. The number of fused-ring (bicyclic) bond motifs is 1. The molecule has 0 bridgehead atoms. The van der Waals surface area contributed by atoms with Crippen LogP contribution in [-0.4, -0.2) is 18.6 Å². The summed E-state index contributed by atoms with van der Waals surface area (Å²) in [5.74, 6) is 1.05. The number of aromatic nitrogens is 1. The molecule has 19 heavy (non-hydrogen) atoms. The second kappa shape index (κ2) is 5.41. The monoisotopic (exact) mass is 254 g/mol. The van der Waals surface area contributed by atoms with E-state index in [0.717, 1.165) is 30.8 Å². The maximum Gasteiger partial charge on any atom is 0.127 e. The number of ether oxygens (including phenoxy) is 1. The minimum Gasteiger partial charge on any atom is -0.493 e. The Balaban J connectivity index is 2.05. The fraction of sp³-hybridized carbons (Fsp3) is 0.312. The summed E-state index contributed by atoms with van der Waals surface area (Å²) in [6, 6.07) is 10.6. The van der Waals surface area contributed by atoms with Gasteiger partial charge in [0.05, 0.1) is 12.6 Å². The number of hydrogen-bond acceptors (Lipinski definition) is 3. The summed E-state index contributed by atoms with van der Waals surface area (Å²) >= 11 is 0. The lowest BCUT2D eigenvalue weighted by Crippen LogP contribution is -2.20. The second-order valence-electron chi connectivity index (χ2n) is 4.80. The van der Waals surface area contributed by atoms with E-state index >= 15 is 0 Å². The Hall–Kier alpha value is -1.87. The van der Waals surface area contributed by atoms with Crippen LogP contribution >= 0.6 is 0 Å². The summed E-state index contributed by atoms with van der Waals surface area (Å²) in [6.07, 6.45) is 5.91. The lowest BCUT2D eigenvalue weighted by atomic mass is 9.94. The lowest BCUT2D eigenvalue weighted by molar-refractivity contribution is 0.283. The van der Waals surface area contributed by atoms with Crippen molar-refractivity contribution >= 4 is 0 Å². The molecule has 1 N–H and O–H groups in total. The van der Waals surface area contributed by atoms with Gasteiger partial charge in [0.1, 0.15) is 5.75 Å². The molecule has 0 aliphatic carbocycles. The van der Waals surface area contributed by atoms with Crippen LogP contribution in [0.2, 0.25) is 0 Å². The van der Waals surface area contributed by atoms with E-state index in [1.165, 1.54) is 11.1 Å². The number of benzene rings is 1. The molecule has 3 nitrogen and oxygen atoms in total. The Morgan fingerprint density at radius 3 is 3.00 bits per heavy atom. The number of nitrogens with zero attached hydrogens (tertiary/aromatic N) is 1. The average Bonchev–Trinajstić information content (AvgIpc) is 2.49. The molecular formula is C16H18N2O. The first-order valence-corrected chi connectivity index (χ1v) is 6.72. The van der Waals surface area contributed by atoms with E-state index < -0.39 is 0 Å². The zero-order valence-corrected chi connectivity index (χ0v) is 11.1. The number of pyridine rings is 1. The highest BCUT2D eigenvalue weighted by Crippen LogP contribution is 2.35. The second-order valence-corrected chi connectivity index (χ2v) is 4.80. The van der Waals surface area contributed by atoms with Crippen molar-refractivity contribution in [2.45, 2.75) is 18.9 Å². The predicted octanol–water partition coefficient (Wildman–Crippen LogP) is 2.72. The van der Waals surface area contributed by atoms with Crippen LogP contribution in [0.5, 0.6) is 5.75 Å². The molecule has 0 saturated heterocycles. The quantitative estimate of drug-likeness (QED) is 0.914. The van der Waals surface area contributed by atoms with Gasteiger partial charge < -0.3 is 10.1 Å². The summed E-state index contributed by atoms with van der Waals surface area (Å²) in [4.78, 5) is 4.21. The van der Waals surface area contributed by atoms with Crippen LogP contribution in [-0.2, 0) is 6.42 Å². The Morgan fingerprint density at radius 2 is 2.21 bits per heavy atom. The maximum atomic E-state index is 5.90. The van der Waals surface area contributed by atoms with Gasteiger partial charge in [-0.05, 0) is 37.1 Å². The molecule has 1 aromatic carbocycles. The fourth-order valence-electron chi connectivity index (χ4n) is 2.69. The van der Waals surface area contributed by atoms with Crippen LogP contribution < -0.4 is 10.1 Å². The third-order valence-electron chi connectivity index (χ3n) is 3.58. The standard InChI is InChI=1S/C16H18N2O/c1-17-15(13-6-3-9-18-11-13)14-8-2-5-12-7-4-10-19-16(12)14/h2-3,5-6,8-9,11,15,17H,4,7,10H2,1H3. The molecule has 1 unspecified atom stereocenters. The molecule has 3 heteroatoms. The van der Waals surface area contributed by atoms with Gasteiger partial charge in [-0.3, -0.25) is 4.98 Å². The van der Waals surface area contributed by atoms with Crippen LogP contribution in [0.3, 0.4) is 0 Å². The summed E-state index contributed by atoms with van der Waals surface area (Å²) in [5, 5.41) is 3.36. The minimum atomic E-state index is 0.127. The number of rotatable bonds is 3. The third-order valence-corrected chi connectivity index (χ3v) is 3.58. The third kappa shape index (κ3) is 2.34. The normalized spacial score (nSPS) is 15.4. The van der Waals surface area contributed by atoms with Crippen LogP contribution in [0.1, 0.15) is 29.2 Å². The minimum absolute atomic E-state index is 0.127. The Morgan fingerprint density at radius 1 is 1.26 bits per heavy atom. The van der Waals surface area contributed by atoms with E-state index in [9.17, 15) is 0 Å².